The van der Waals surface area contributed by atoms with E-state index in [1.54, 1.807) is 7.11 Å². The minimum atomic E-state index is 0.123. The summed E-state index contributed by atoms with van der Waals surface area (Å²) in [4.78, 5) is 0. The van der Waals surface area contributed by atoms with Crippen LogP contribution in [0.5, 0.6) is 17.2 Å². The SMILES string of the molecule is COc1ccc([C@H](NC(=S)NCc2ccc3c(c2)OCO3)C(C)C)cc1. The van der Waals surface area contributed by atoms with E-state index in [1.807, 2.05) is 30.3 Å². The number of fused-ring (bicyclic) bond motifs is 1. The van der Waals surface area contributed by atoms with Crippen LogP contribution in [0.3, 0.4) is 0 Å². The van der Waals surface area contributed by atoms with Crippen LogP contribution in [0.2, 0.25) is 0 Å². The van der Waals surface area contributed by atoms with Gasteiger partial charge in [-0.15, -0.1) is 0 Å². The largest absolute Gasteiger partial charge is 0.497 e. The van der Waals surface area contributed by atoms with Gasteiger partial charge in [0.1, 0.15) is 5.75 Å². The first kappa shape index (κ1) is 18.3. The smallest absolute Gasteiger partial charge is 0.231 e. The van der Waals surface area contributed by atoms with E-state index in [9.17, 15) is 0 Å². The molecule has 26 heavy (non-hydrogen) atoms. The van der Waals surface area contributed by atoms with Gasteiger partial charge in [-0.1, -0.05) is 32.0 Å². The van der Waals surface area contributed by atoms with E-state index < -0.39 is 0 Å². The van der Waals surface area contributed by atoms with E-state index in [-0.39, 0.29) is 12.8 Å². The first-order valence-corrected chi connectivity index (χ1v) is 9.04. The van der Waals surface area contributed by atoms with Crippen LogP contribution in [0.1, 0.15) is 31.0 Å². The Morgan fingerprint density at radius 1 is 1.12 bits per heavy atom. The van der Waals surface area contributed by atoms with Gasteiger partial charge in [0.15, 0.2) is 16.6 Å². The molecular weight excluding hydrogens is 348 g/mol. The Hall–Kier alpha value is -2.47. The lowest BCUT2D eigenvalue weighted by Crippen LogP contribution is -2.39. The number of thiocarbonyl (C=S) groups is 1. The van der Waals surface area contributed by atoms with Crippen LogP contribution in [-0.4, -0.2) is 19.0 Å². The fraction of sp³-hybridized carbons (Fsp3) is 0.350. The van der Waals surface area contributed by atoms with E-state index in [2.05, 4.69) is 36.6 Å². The molecule has 5 nitrogen and oxygen atoms in total. The summed E-state index contributed by atoms with van der Waals surface area (Å²) in [6, 6.07) is 14.1. The summed E-state index contributed by atoms with van der Waals surface area (Å²) in [5, 5.41) is 7.31. The Morgan fingerprint density at radius 3 is 2.54 bits per heavy atom. The Morgan fingerprint density at radius 2 is 1.85 bits per heavy atom. The molecule has 0 bridgehead atoms. The van der Waals surface area contributed by atoms with Crippen LogP contribution in [0.25, 0.3) is 0 Å². The first-order valence-electron chi connectivity index (χ1n) is 8.63. The topological polar surface area (TPSA) is 51.8 Å². The number of rotatable bonds is 6. The zero-order valence-electron chi connectivity index (χ0n) is 15.2. The fourth-order valence-electron chi connectivity index (χ4n) is 2.87. The van der Waals surface area contributed by atoms with Gasteiger partial charge in [-0.2, -0.15) is 0 Å². The molecule has 0 saturated heterocycles. The molecule has 6 heteroatoms. The summed E-state index contributed by atoms with van der Waals surface area (Å²) in [7, 11) is 1.67. The highest BCUT2D eigenvalue weighted by molar-refractivity contribution is 7.80. The number of hydrogen-bond acceptors (Lipinski definition) is 4. The van der Waals surface area contributed by atoms with Crippen LogP contribution >= 0.6 is 12.2 Å². The quantitative estimate of drug-likeness (QED) is 0.753. The molecule has 0 aromatic heterocycles. The van der Waals surface area contributed by atoms with Crippen LogP contribution in [0.15, 0.2) is 42.5 Å². The molecular formula is C20H24N2O3S. The van der Waals surface area contributed by atoms with E-state index in [4.69, 9.17) is 26.4 Å². The summed E-state index contributed by atoms with van der Waals surface area (Å²) in [6.45, 7) is 5.24. The molecule has 0 spiro atoms. The van der Waals surface area contributed by atoms with Crippen LogP contribution in [-0.2, 0) is 6.54 Å². The van der Waals surface area contributed by atoms with Gasteiger partial charge in [0.05, 0.1) is 13.2 Å². The average molecular weight is 372 g/mol. The van der Waals surface area contributed by atoms with Gasteiger partial charge in [-0.25, -0.2) is 0 Å². The lowest BCUT2D eigenvalue weighted by atomic mass is 9.96. The highest BCUT2D eigenvalue weighted by Crippen LogP contribution is 2.32. The van der Waals surface area contributed by atoms with Crippen molar-refractivity contribution in [3.63, 3.8) is 0 Å². The minimum absolute atomic E-state index is 0.123. The third-order valence-corrected chi connectivity index (χ3v) is 4.58. The molecule has 0 aliphatic carbocycles. The van der Waals surface area contributed by atoms with Crippen molar-refractivity contribution in [1.82, 2.24) is 10.6 Å². The number of methoxy groups -OCH3 is 1. The molecule has 0 saturated carbocycles. The van der Waals surface area contributed by atoms with E-state index in [0.29, 0.717) is 17.6 Å². The van der Waals surface area contributed by atoms with Crippen molar-refractivity contribution in [2.24, 2.45) is 5.92 Å². The molecule has 2 aromatic carbocycles. The maximum Gasteiger partial charge on any atom is 0.231 e. The van der Waals surface area contributed by atoms with Crippen molar-refractivity contribution < 1.29 is 14.2 Å². The molecule has 1 aliphatic heterocycles. The normalized spacial score (nSPS) is 13.4. The number of benzene rings is 2. The minimum Gasteiger partial charge on any atom is -0.497 e. The lowest BCUT2D eigenvalue weighted by Gasteiger charge is -2.25. The summed E-state index contributed by atoms with van der Waals surface area (Å²) in [6.07, 6.45) is 0. The predicted octanol–water partition coefficient (Wildman–Crippen LogP) is 3.79. The van der Waals surface area contributed by atoms with Gasteiger partial charge in [0.25, 0.3) is 0 Å². The zero-order valence-corrected chi connectivity index (χ0v) is 16.1. The van der Waals surface area contributed by atoms with E-state index >= 15 is 0 Å². The molecule has 2 N–H and O–H groups in total. The van der Waals surface area contributed by atoms with E-state index in [0.717, 1.165) is 22.8 Å². The second-order valence-corrected chi connectivity index (χ2v) is 6.92. The van der Waals surface area contributed by atoms with Gasteiger partial charge in [0.2, 0.25) is 6.79 Å². The Labute approximate surface area is 159 Å². The standard InChI is InChI=1S/C20H24N2O3S/c1-13(2)19(15-5-7-16(23-3)8-6-15)22-20(26)21-11-14-4-9-17-18(10-14)25-12-24-17/h4-10,13,19H,11-12H2,1-3H3,(H2,21,22,26)/t19-/m1/s1. The van der Waals surface area contributed by atoms with Crippen molar-refractivity contribution in [3.8, 4) is 17.2 Å². The monoisotopic (exact) mass is 372 g/mol. The number of ether oxygens (including phenoxy) is 3. The second kappa shape index (κ2) is 8.27. The third-order valence-electron chi connectivity index (χ3n) is 4.32. The summed E-state index contributed by atoms with van der Waals surface area (Å²) in [5.74, 6) is 2.80. The Bertz CT molecular complexity index is 762. The highest BCUT2D eigenvalue weighted by atomic mass is 32.1. The molecule has 1 atom stereocenters. The fourth-order valence-corrected chi connectivity index (χ4v) is 3.07. The molecule has 3 rings (SSSR count). The van der Waals surface area contributed by atoms with Crippen molar-refractivity contribution in [2.75, 3.05) is 13.9 Å². The highest BCUT2D eigenvalue weighted by Gasteiger charge is 2.17. The summed E-state index contributed by atoms with van der Waals surface area (Å²) < 4.78 is 16.0. The number of hydrogen-bond donors (Lipinski definition) is 2. The van der Waals surface area contributed by atoms with Gasteiger partial charge in [0, 0.05) is 6.54 Å². The predicted molar refractivity (Wildman–Crippen MR) is 106 cm³/mol. The van der Waals surface area contributed by atoms with Crippen LogP contribution in [0, 0.1) is 5.92 Å². The lowest BCUT2D eigenvalue weighted by molar-refractivity contribution is 0.174. The van der Waals surface area contributed by atoms with E-state index in [1.165, 1.54) is 5.56 Å². The van der Waals surface area contributed by atoms with Gasteiger partial charge < -0.3 is 24.8 Å². The van der Waals surface area contributed by atoms with Gasteiger partial charge >= 0.3 is 0 Å². The van der Waals surface area contributed by atoms with Gasteiger partial charge in [-0.3, -0.25) is 0 Å². The maximum absolute atomic E-state index is 5.49. The van der Waals surface area contributed by atoms with Crippen molar-refractivity contribution in [1.29, 1.82) is 0 Å². The summed E-state index contributed by atoms with van der Waals surface area (Å²) in [5.41, 5.74) is 2.26. The molecule has 138 valence electrons. The number of nitrogens with one attached hydrogen (secondary N) is 2. The van der Waals surface area contributed by atoms with Crippen molar-refractivity contribution in [2.45, 2.75) is 26.4 Å². The second-order valence-electron chi connectivity index (χ2n) is 6.51. The molecule has 0 radical (unpaired) electrons. The van der Waals surface area contributed by atoms with Crippen molar-refractivity contribution in [3.05, 3.63) is 53.6 Å². The molecule has 1 heterocycles. The molecule has 0 unspecified atom stereocenters. The third kappa shape index (κ3) is 4.38. The Kier molecular flexibility index (Phi) is 5.83. The van der Waals surface area contributed by atoms with Crippen LogP contribution < -0.4 is 24.8 Å². The molecule has 2 aromatic rings. The molecule has 0 fully saturated rings. The molecule has 0 amide bonds. The Balaban J connectivity index is 1.59. The van der Waals surface area contributed by atoms with Crippen molar-refractivity contribution >= 4 is 17.3 Å². The zero-order chi connectivity index (χ0) is 18.5. The van der Waals surface area contributed by atoms with Gasteiger partial charge in [-0.05, 0) is 53.5 Å². The summed E-state index contributed by atoms with van der Waals surface area (Å²) >= 11 is 5.49. The molecule has 1 aliphatic rings. The first-order chi connectivity index (χ1) is 12.6. The average Bonchev–Trinajstić information content (AvgIpc) is 3.12. The maximum atomic E-state index is 5.49. The van der Waals surface area contributed by atoms with Crippen LogP contribution in [0.4, 0.5) is 0 Å².